The van der Waals surface area contributed by atoms with Gasteiger partial charge in [0.05, 0.1) is 0 Å². The lowest BCUT2D eigenvalue weighted by molar-refractivity contribution is -0.137. The molecule has 0 radical (unpaired) electrons. The molecule has 0 aromatic heterocycles. The Labute approximate surface area is 190 Å². The Balaban J connectivity index is 1.25. The number of para-hydroxylation sites is 1. The van der Waals surface area contributed by atoms with Crippen molar-refractivity contribution in [3.8, 4) is 5.75 Å². The van der Waals surface area contributed by atoms with Crippen LogP contribution in [0.15, 0.2) is 60.7 Å². The molecule has 1 aliphatic carbocycles. The minimum atomic E-state index is -0.695. The van der Waals surface area contributed by atoms with E-state index in [1.807, 2.05) is 65.6 Å². The van der Waals surface area contributed by atoms with E-state index in [4.69, 9.17) is 4.74 Å². The quantitative estimate of drug-likeness (QED) is 0.691. The summed E-state index contributed by atoms with van der Waals surface area (Å²) in [5.41, 5.74) is 0.827. The molecule has 2 aromatic carbocycles. The summed E-state index contributed by atoms with van der Waals surface area (Å²) >= 11 is 0. The zero-order chi connectivity index (χ0) is 22.2. The number of carbonyl (C=O) groups is 2. The average molecular weight is 436 g/mol. The summed E-state index contributed by atoms with van der Waals surface area (Å²) in [5, 5.41) is 3.04. The highest BCUT2D eigenvalue weighted by Gasteiger charge is 2.29. The van der Waals surface area contributed by atoms with Crippen molar-refractivity contribution < 1.29 is 14.3 Å². The van der Waals surface area contributed by atoms with E-state index < -0.39 is 6.10 Å². The van der Waals surface area contributed by atoms with Crippen LogP contribution in [-0.4, -0.2) is 60.9 Å². The maximum absolute atomic E-state index is 13.0. The molecule has 1 unspecified atom stereocenters. The fourth-order valence-corrected chi connectivity index (χ4v) is 4.59. The Kier molecular flexibility index (Phi) is 7.77. The van der Waals surface area contributed by atoms with Crippen molar-refractivity contribution in [1.29, 1.82) is 0 Å². The number of rotatable bonds is 8. The summed E-state index contributed by atoms with van der Waals surface area (Å²) in [6, 6.07) is 19.0. The maximum Gasteiger partial charge on any atom is 0.265 e. The molecule has 2 amide bonds. The standard InChI is InChI=1S/C26H33N3O3/c30-25(24(21-9-3-1-4-10-21)32-23-13-5-2-6-14-23)27-15-16-28-17-19-29(20-18-28)26(31)22-11-7-8-12-22/h1-6,9-10,13-14,22,24H,7-8,11-12,15-20H2,(H,27,30). The lowest BCUT2D eigenvalue weighted by atomic mass is 10.1. The van der Waals surface area contributed by atoms with Gasteiger partial charge in [0.2, 0.25) is 12.0 Å². The molecule has 170 valence electrons. The van der Waals surface area contributed by atoms with Crippen LogP contribution in [0.25, 0.3) is 0 Å². The van der Waals surface area contributed by atoms with E-state index in [1.54, 1.807) is 0 Å². The molecule has 1 saturated carbocycles. The molecule has 4 rings (SSSR count). The zero-order valence-corrected chi connectivity index (χ0v) is 18.6. The third kappa shape index (κ3) is 5.88. The smallest absolute Gasteiger partial charge is 0.265 e. The summed E-state index contributed by atoms with van der Waals surface area (Å²) in [6.07, 6.45) is 3.79. The molecule has 6 nitrogen and oxygen atoms in total. The predicted molar refractivity (Wildman–Crippen MR) is 124 cm³/mol. The largest absolute Gasteiger partial charge is 0.476 e. The minimum Gasteiger partial charge on any atom is -0.476 e. The molecule has 2 fully saturated rings. The third-order valence-corrected chi connectivity index (χ3v) is 6.45. The summed E-state index contributed by atoms with van der Waals surface area (Å²) in [7, 11) is 0. The number of nitrogens with one attached hydrogen (secondary N) is 1. The van der Waals surface area contributed by atoms with Crippen molar-refractivity contribution in [2.45, 2.75) is 31.8 Å². The van der Waals surface area contributed by atoms with Gasteiger partial charge in [-0.3, -0.25) is 14.5 Å². The van der Waals surface area contributed by atoms with Crippen LogP contribution in [0.1, 0.15) is 37.4 Å². The van der Waals surface area contributed by atoms with Crippen LogP contribution >= 0.6 is 0 Å². The number of hydrogen-bond donors (Lipinski definition) is 1. The Morgan fingerprint density at radius 2 is 1.53 bits per heavy atom. The van der Waals surface area contributed by atoms with E-state index in [9.17, 15) is 9.59 Å². The van der Waals surface area contributed by atoms with Crippen molar-refractivity contribution in [2.24, 2.45) is 5.92 Å². The van der Waals surface area contributed by atoms with Crippen molar-refractivity contribution >= 4 is 11.8 Å². The number of hydrogen-bond acceptors (Lipinski definition) is 4. The zero-order valence-electron chi connectivity index (χ0n) is 18.6. The number of nitrogens with zero attached hydrogens (tertiary/aromatic N) is 2. The van der Waals surface area contributed by atoms with E-state index in [2.05, 4.69) is 10.2 Å². The molecule has 6 heteroatoms. The SMILES string of the molecule is O=C(NCCN1CCN(C(=O)C2CCCC2)CC1)C(Oc1ccccc1)c1ccccc1. The van der Waals surface area contributed by atoms with Crippen LogP contribution in [-0.2, 0) is 9.59 Å². The number of benzene rings is 2. The van der Waals surface area contributed by atoms with E-state index in [0.29, 0.717) is 18.2 Å². The van der Waals surface area contributed by atoms with E-state index in [-0.39, 0.29) is 11.8 Å². The number of ether oxygens (including phenoxy) is 1. The number of piperazine rings is 1. The normalized spacial score (nSPS) is 18.3. The van der Waals surface area contributed by atoms with Gasteiger partial charge in [0.1, 0.15) is 5.75 Å². The van der Waals surface area contributed by atoms with E-state index in [1.165, 1.54) is 12.8 Å². The minimum absolute atomic E-state index is 0.143. The van der Waals surface area contributed by atoms with Crippen LogP contribution in [0.4, 0.5) is 0 Å². The van der Waals surface area contributed by atoms with Gasteiger partial charge >= 0.3 is 0 Å². The first-order chi connectivity index (χ1) is 15.7. The van der Waals surface area contributed by atoms with Gasteiger partial charge in [-0.2, -0.15) is 0 Å². The van der Waals surface area contributed by atoms with Crippen LogP contribution < -0.4 is 10.1 Å². The van der Waals surface area contributed by atoms with Crippen LogP contribution in [0.3, 0.4) is 0 Å². The van der Waals surface area contributed by atoms with Crippen LogP contribution in [0, 0.1) is 5.92 Å². The lowest BCUT2D eigenvalue weighted by Crippen LogP contribution is -2.51. The molecule has 1 heterocycles. The molecule has 0 bridgehead atoms. The Bertz CT molecular complexity index is 860. The fourth-order valence-electron chi connectivity index (χ4n) is 4.59. The molecule has 2 aliphatic rings. The second-order valence-electron chi connectivity index (χ2n) is 8.66. The molecule has 2 aromatic rings. The third-order valence-electron chi connectivity index (χ3n) is 6.45. The molecular formula is C26H33N3O3. The first kappa shape index (κ1) is 22.3. The molecule has 0 spiro atoms. The second kappa shape index (κ2) is 11.1. The van der Waals surface area contributed by atoms with Crippen molar-refractivity contribution in [3.63, 3.8) is 0 Å². The average Bonchev–Trinajstić information content (AvgIpc) is 3.39. The topological polar surface area (TPSA) is 61.9 Å². The molecular weight excluding hydrogens is 402 g/mol. The number of amides is 2. The van der Waals surface area contributed by atoms with E-state index >= 15 is 0 Å². The van der Waals surface area contributed by atoms with Gasteiger partial charge in [0, 0.05) is 50.7 Å². The first-order valence-electron chi connectivity index (χ1n) is 11.8. The number of carbonyl (C=O) groups excluding carboxylic acids is 2. The Morgan fingerprint density at radius 3 is 2.19 bits per heavy atom. The van der Waals surface area contributed by atoms with Gasteiger partial charge in [-0.1, -0.05) is 61.4 Å². The fraction of sp³-hybridized carbons (Fsp3) is 0.462. The summed E-state index contributed by atoms with van der Waals surface area (Å²) < 4.78 is 6.02. The monoisotopic (exact) mass is 435 g/mol. The van der Waals surface area contributed by atoms with Gasteiger partial charge in [0.25, 0.3) is 5.91 Å². The first-order valence-corrected chi connectivity index (χ1v) is 11.8. The Morgan fingerprint density at radius 1 is 0.906 bits per heavy atom. The highest BCUT2D eigenvalue weighted by molar-refractivity contribution is 5.82. The lowest BCUT2D eigenvalue weighted by Gasteiger charge is -2.36. The summed E-state index contributed by atoms with van der Waals surface area (Å²) in [5.74, 6) is 1.12. The van der Waals surface area contributed by atoms with E-state index in [0.717, 1.165) is 51.1 Å². The maximum atomic E-state index is 13.0. The van der Waals surface area contributed by atoms with Crippen molar-refractivity contribution in [3.05, 3.63) is 66.2 Å². The summed E-state index contributed by atoms with van der Waals surface area (Å²) in [6.45, 7) is 4.61. The predicted octanol–water partition coefficient (Wildman–Crippen LogP) is 3.26. The van der Waals surface area contributed by atoms with Crippen molar-refractivity contribution in [1.82, 2.24) is 15.1 Å². The molecule has 1 N–H and O–H groups in total. The van der Waals surface area contributed by atoms with Gasteiger partial charge < -0.3 is 15.0 Å². The Hall–Kier alpha value is -2.86. The molecule has 1 aliphatic heterocycles. The van der Waals surface area contributed by atoms with Gasteiger partial charge in [-0.25, -0.2) is 0 Å². The molecule has 1 atom stereocenters. The van der Waals surface area contributed by atoms with Crippen LogP contribution in [0.5, 0.6) is 5.75 Å². The molecule has 1 saturated heterocycles. The van der Waals surface area contributed by atoms with Gasteiger partial charge in [-0.05, 0) is 25.0 Å². The highest BCUT2D eigenvalue weighted by atomic mass is 16.5. The van der Waals surface area contributed by atoms with Gasteiger partial charge in [0.15, 0.2) is 0 Å². The van der Waals surface area contributed by atoms with Crippen molar-refractivity contribution in [2.75, 3.05) is 39.3 Å². The second-order valence-corrected chi connectivity index (χ2v) is 8.66. The van der Waals surface area contributed by atoms with Gasteiger partial charge in [-0.15, -0.1) is 0 Å². The summed E-state index contributed by atoms with van der Waals surface area (Å²) in [4.78, 5) is 29.9. The van der Waals surface area contributed by atoms with Crippen LogP contribution in [0.2, 0.25) is 0 Å². The molecule has 32 heavy (non-hydrogen) atoms. The highest BCUT2D eigenvalue weighted by Crippen LogP contribution is 2.27.